The van der Waals surface area contributed by atoms with Crippen LogP contribution in [0.25, 0.3) is 6.08 Å². The molecule has 3 rings (SSSR count). The van der Waals surface area contributed by atoms with Crippen LogP contribution in [0.2, 0.25) is 0 Å². The van der Waals surface area contributed by atoms with E-state index in [1.807, 2.05) is 0 Å². The predicted octanol–water partition coefficient (Wildman–Crippen LogP) is 3.62. The van der Waals surface area contributed by atoms with Crippen molar-refractivity contribution in [2.75, 3.05) is 19.9 Å². The van der Waals surface area contributed by atoms with Crippen LogP contribution in [0.4, 0.5) is 26.3 Å². The zero-order valence-electron chi connectivity index (χ0n) is 18.7. The number of hydrazine groups is 1. The minimum atomic E-state index is -5.26. The third-order valence-corrected chi connectivity index (χ3v) is 4.13. The van der Waals surface area contributed by atoms with Crippen LogP contribution in [0.5, 0.6) is 11.5 Å². The maximum atomic E-state index is 13.6. The van der Waals surface area contributed by atoms with Crippen LogP contribution in [0.1, 0.15) is 21.7 Å². The Bertz CT molecular complexity index is 1040. The Morgan fingerprint density at radius 1 is 1.34 bits per heavy atom. The number of carbonyl (C=O) groups is 1. The topological polar surface area (TPSA) is 95.7 Å². The van der Waals surface area contributed by atoms with Crippen molar-refractivity contribution in [1.29, 1.82) is 0 Å². The van der Waals surface area contributed by atoms with Crippen molar-refractivity contribution >= 4 is 12.0 Å². The number of rotatable bonds is 6. The number of halogens is 6. The molecule has 176 valence electrons. The fourth-order valence-electron chi connectivity index (χ4n) is 2.65. The molecule has 0 bridgehead atoms. The highest BCUT2D eigenvalue weighted by atomic mass is 19.4. The van der Waals surface area contributed by atoms with Crippen molar-refractivity contribution in [1.82, 2.24) is 5.01 Å². The summed E-state index contributed by atoms with van der Waals surface area (Å²) in [4.78, 5) is 16.8. The van der Waals surface area contributed by atoms with E-state index in [1.54, 1.807) is 0 Å². The van der Waals surface area contributed by atoms with E-state index in [0.717, 1.165) is 6.42 Å². The third-order valence-electron chi connectivity index (χ3n) is 4.13. The van der Waals surface area contributed by atoms with Gasteiger partial charge in [0, 0.05) is 9.68 Å². The average molecular weight is 474 g/mol. The number of hydrogen-bond donors (Lipinski definition) is 0. The second-order valence-electron chi connectivity index (χ2n) is 6.40. The van der Waals surface area contributed by atoms with Gasteiger partial charge in [-0.05, 0) is 37.0 Å². The number of fused-ring (bicyclic) bond motifs is 1. The van der Waals surface area contributed by atoms with E-state index in [-0.39, 0.29) is 4.97 Å². The van der Waals surface area contributed by atoms with Gasteiger partial charge in [0.05, 0.1) is 23.6 Å². The van der Waals surface area contributed by atoms with Crippen molar-refractivity contribution in [2.24, 2.45) is 5.28 Å². The zero-order chi connectivity index (χ0) is 26.2. The molecule has 0 N–H and O–H groups in total. The first-order valence-electron chi connectivity index (χ1n) is 10.2. The van der Waals surface area contributed by atoms with E-state index < -0.39 is 66.5 Å². The minimum Gasteiger partial charge on any atom is -0.569 e. The van der Waals surface area contributed by atoms with Crippen molar-refractivity contribution < 1.29 is 59.3 Å². The van der Waals surface area contributed by atoms with Gasteiger partial charge in [-0.1, -0.05) is 0 Å². The summed E-state index contributed by atoms with van der Waals surface area (Å²) in [7, 11) is 0. The van der Waals surface area contributed by atoms with Crippen LogP contribution >= 0.6 is 0 Å². The highest BCUT2D eigenvalue weighted by molar-refractivity contribution is 5.96. The fourth-order valence-corrected chi connectivity index (χ4v) is 2.65. The van der Waals surface area contributed by atoms with E-state index in [4.69, 9.17) is 8.85 Å². The SMILES string of the molecule is [2H]C([2H])([2H])c1cc(OC(F)(F)F)cc2c1OC(C(F)(F)F)C(C(=O)OCON=[N+]([O-])N1CCC1)=C2. The van der Waals surface area contributed by atoms with E-state index in [9.17, 15) is 36.3 Å². The molecule has 1 atom stereocenters. The van der Waals surface area contributed by atoms with Gasteiger partial charge >= 0.3 is 18.5 Å². The summed E-state index contributed by atoms with van der Waals surface area (Å²) in [6.07, 6.45) is -12.3. The van der Waals surface area contributed by atoms with Gasteiger partial charge in [0.15, 0.2) is 0 Å². The number of carbonyl (C=O) groups excluding carboxylic acids is 1. The molecule has 1 fully saturated rings. The molecule has 0 amide bonds. The van der Waals surface area contributed by atoms with Gasteiger partial charge in [0.1, 0.15) is 11.5 Å². The second-order valence-corrected chi connectivity index (χ2v) is 6.40. The Balaban J connectivity index is 1.92. The average Bonchev–Trinajstić information content (AvgIpc) is 2.65. The number of aryl methyl sites for hydroxylation is 1. The fraction of sp³-hybridized carbons (Fsp3) is 0.471. The van der Waals surface area contributed by atoms with Gasteiger partial charge in [0.25, 0.3) is 6.79 Å². The molecule has 1 unspecified atom stereocenters. The highest BCUT2D eigenvalue weighted by Gasteiger charge is 2.49. The predicted molar refractivity (Wildman–Crippen MR) is 90.6 cm³/mol. The highest BCUT2D eigenvalue weighted by Crippen LogP contribution is 2.41. The Morgan fingerprint density at radius 2 is 2.06 bits per heavy atom. The number of hydrogen-bond acceptors (Lipinski definition) is 7. The molecule has 1 aromatic rings. The lowest BCUT2D eigenvalue weighted by molar-refractivity contribution is -0.723. The van der Waals surface area contributed by atoms with Crippen molar-refractivity contribution in [3.05, 3.63) is 34.0 Å². The van der Waals surface area contributed by atoms with Gasteiger partial charge in [-0.15, -0.1) is 18.2 Å². The van der Waals surface area contributed by atoms with E-state index in [0.29, 0.717) is 31.3 Å². The Morgan fingerprint density at radius 3 is 2.62 bits per heavy atom. The molecule has 1 saturated heterocycles. The molecular formula is C17H15F6N3O6. The Hall–Kier alpha value is -3.39. The molecule has 0 saturated carbocycles. The van der Waals surface area contributed by atoms with Crippen LogP contribution in [0.15, 0.2) is 23.0 Å². The van der Waals surface area contributed by atoms with Crippen molar-refractivity contribution in [3.63, 3.8) is 0 Å². The van der Waals surface area contributed by atoms with Gasteiger partial charge in [0.2, 0.25) is 11.4 Å². The number of nitrogens with zero attached hydrogens (tertiary/aromatic N) is 3. The summed E-state index contributed by atoms with van der Waals surface area (Å²) in [6, 6.07) is 0.915. The Labute approximate surface area is 180 Å². The lowest BCUT2D eigenvalue weighted by Gasteiger charge is -2.29. The number of esters is 1. The summed E-state index contributed by atoms with van der Waals surface area (Å²) in [5.41, 5.74) is -2.84. The van der Waals surface area contributed by atoms with E-state index >= 15 is 0 Å². The van der Waals surface area contributed by atoms with E-state index in [1.165, 1.54) is 5.01 Å². The summed E-state index contributed by atoms with van der Waals surface area (Å²) in [5, 5.41) is 15.6. The molecule has 0 aliphatic carbocycles. The first kappa shape index (κ1) is 19.3. The van der Waals surface area contributed by atoms with Crippen LogP contribution in [-0.4, -0.2) is 54.5 Å². The van der Waals surface area contributed by atoms with Gasteiger partial charge in [-0.3, -0.25) is 0 Å². The monoisotopic (exact) mass is 474 g/mol. The Kier molecular flexibility index (Phi) is 5.20. The summed E-state index contributed by atoms with van der Waals surface area (Å²) < 4.78 is 114. The third kappa shape index (κ3) is 5.45. The van der Waals surface area contributed by atoms with Gasteiger partial charge in [-0.2, -0.15) is 13.2 Å². The standard InChI is InChI=1S/C17H15F6N3O6/c1-9-5-11(32-17(21,22)23)6-10-7-12(14(16(18,19)20)31-13(9)10)15(27)29-8-30-24-26(28)25-3-2-4-25/h5-7,14H,2-4,8H2,1H3/i1D3. The molecule has 15 heteroatoms. The lowest BCUT2D eigenvalue weighted by atomic mass is 9.99. The molecule has 2 aliphatic rings. The molecule has 9 nitrogen and oxygen atoms in total. The maximum absolute atomic E-state index is 13.6. The van der Waals surface area contributed by atoms with Crippen molar-refractivity contribution in [3.8, 4) is 11.5 Å². The van der Waals surface area contributed by atoms with Crippen molar-refractivity contribution in [2.45, 2.75) is 31.9 Å². The smallest absolute Gasteiger partial charge is 0.569 e. The van der Waals surface area contributed by atoms with Gasteiger partial charge in [-0.25, -0.2) is 4.79 Å². The minimum absolute atomic E-state index is 0.0492. The summed E-state index contributed by atoms with van der Waals surface area (Å²) in [5.74, 6) is -3.66. The quantitative estimate of drug-likeness (QED) is 0.118. The zero-order valence-corrected chi connectivity index (χ0v) is 15.7. The number of alkyl halides is 6. The lowest BCUT2D eigenvalue weighted by Crippen LogP contribution is -2.42. The van der Waals surface area contributed by atoms with E-state index in [2.05, 4.69) is 19.6 Å². The summed E-state index contributed by atoms with van der Waals surface area (Å²) >= 11 is 0. The molecule has 0 radical (unpaired) electrons. The van der Waals surface area contributed by atoms with Crippen LogP contribution < -0.4 is 9.47 Å². The maximum Gasteiger partial charge on any atom is 0.573 e. The molecule has 1 aromatic carbocycles. The normalized spacial score (nSPS) is 20.5. The first-order valence-corrected chi connectivity index (χ1v) is 8.67. The molecule has 2 aliphatic heterocycles. The number of ether oxygens (including phenoxy) is 3. The molecule has 32 heavy (non-hydrogen) atoms. The molecule has 2 heterocycles. The first-order chi connectivity index (χ1) is 16.1. The van der Waals surface area contributed by atoms with Crippen LogP contribution in [0.3, 0.4) is 0 Å². The molecular weight excluding hydrogens is 456 g/mol. The summed E-state index contributed by atoms with van der Waals surface area (Å²) in [6.45, 7) is -3.50. The largest absolute Gasteiger partial charge is 0.573 e. The van der Waals surface area contributed by atoms with Crippen LogP contribution in [0, 0.1) is 12.1 Å². The number of benzene rings is 1. The second kappa shape index (κ2) is 8.63. The van der Waals surface area contributed by atoms with Crippen LogP contribution in [-0.2, 0) is 14.4 Å². The van der Waals surface area contributed by atoms with Gasteiger partial charge < -0.3 is 24.3 Å². The molecule has 0 aromatic heterocycles. The molecule has 0 spiro atoms.